The van der Waals surface area contributed by atoms with Crippen LogP contribution in [-0.2, 0) is 6.54 Å². The Morgan fingerprint density at radius 3 is 2.65 bits per heavy atom. The molecular weight excluding hydrogens is 377 g/mol. The average Bonchev–Trinajstić information content (AvgIpc) is 3.19. The molecule has 1 aliphatic rings. The number of imidazole rings is 1. The molecule has 0 fully saturated rings. The van der Waals surface area contributed by atoms with Gasteiger partial charge in [-0.05, 0) is 49.6 Å². The summed E-state index contributed by atoms with van der Waals surface area (Å²) < 4.78 is 19.3. The largest absolute Gasteiger partial charge is 0.328 e. The number of carbonyl (C=O) groups excluding carboxylic acids is 1. The van der Waals surface area contributed by atoms with Crippen molar-refractivity contribution in [2.24, 2.45) is 0 Å². The molecule has 134 valence electrons. The van der Waals surface area contributed by atoms with Gasteiger partial charge in [0, 0.05) is 18.7 Å². The Labute approximate surface area is 158 Å². The summed E-state index contributed by atoms with van der Waals surface area (Å²) in [6, 6.07) is 5.30. The Kier molecular flexibility index (Phi) is 4.24. The molecule has 1 aromatic carbocycles. The van der Waals surface area contributed by atoms with E-state index < -0.39 is 0 Å². The summed E-state index contributed by atoms with van der Waals surface area (Å²) in [6.45, 7) is 4.80. The Morgan fingerprint density at radius 2 is 2.00 bits per heavy atom. The summed E-state index contributed by atoms with van der Waals surface area (Å²) >= 11 is 7.66. The maximum absolute atomic E-state index is 13.1. The van der Waals surface area contributed by atoms with Crippen LogP contribution in [-0.4, -0.2) is 36.3 Å². The zero-order valence-corrected chi connectivity index (χ0v) is 15.7. The standard InChI is InChI=1S/C17H15ClFN5OS/c1-9-13-14(18)21-15(16-20-10(2)22-26-16)24(13)8-7-23(9)17(25)11-3-5-12(19)6-4-11/h3-6,9H,7-8H2,1-2H3/t9-/m1/s1. The van der Waals surface area contributed by atoms with Gasteiger partial charge in [-0.3, -0.25) is 4.79 Å². The fourth-order valence-electron chi connectivity index (χ4n) is 3.20. The van der Waals surface area contributed by atoms with Crippen molar-refractivity contribution in [1.82, 2.24) is 23.8 Å². The van der Waals surface area contributed by atoms with Crippen LogP contribution in [0.15, 0.2) is 24.3 Å². The molecule has 0 aliphatic carbocycles. The minimum Gasteiger partial charge on any atom is -0.328 e. The molecule has 0 bridgehead atoms. The van der Waals surface area contributed by atoms with Gasteiger partial charge in [-0.1, -0.05) is 11.6 Å². The zero-order chi connectivity index (χ0) is 18.4. The molecular formula is C17H15ClFN5OS. The summed E-state index contributed by atoms with van der Waals surface area (Å²) in [7, 11) is 0. The molecule has 2 aromatic heterocycles. The van der Waals surface area contributed by atoms with Crippen molar-refractivity contribution in [3.63, 3.8) is 0 Å². The molecule has 1 amide bonds. The number of halogens is 2. The monoisotopic (exact) mass is 391 g/mol. The van der Waals surface area contributed by atoms with Crippen molar-refractivity contribution in [2.75, 3.05) is 6.54 Å². The van der Waals surface area contributed by atoms with E-state index in [1.54, 1.807) is 4.90 Å². The fourth-order valence-corrected chi connectivity index (χ4v) is 4.21. The van der Waals surface area contributed by atoms with Crippen molar-refractivity contribution in [3.8, 4) is 10.8 Å². The normalized spacial score (nSPS) is 16.6. The lowest BCUT2D eigenvalue weighted by Crippen LogP contribution is -2.41. The van der Waals surface area contributed by atoms with Gasteiger partial charge in [0.25, 0.3) is 5.91 Å². The van der Waals surface area contributed by atoms with E-state index in [1.807, 2.05) is 18.4 Å². The lowest BCUT2D eigenvalue weighted by atomic mass is 10.1. The molecule has 9 heteroatoms. The number of aromatic nitrogens is 4. The number of hydrogen-bond donors (Lipinski definition) is 0. The van der Waals surface area contributed by atoms with Crippen LogP contribution < -0.4 is 0 Å². The minimum absolute atomic E-state index is 0.158. The van der Waals surface area contributed by atoms with Crippen molar-refractivity contribution in [3.05, 3.63) is 52.3 Å². The van der Waals surface area contributed by atoms with Crippen LogP contribution >= 0.6 is 23.1 Å². The van der Waals surface area contributed by atoms with E-state index in [4.69, 9.17) is 11.6 Å². The number of rotatable bonds is 2. The molecule has 0 spiro atoms. The van der Waals surface area contributed by atoms with Crippen molar-refractivity contribution < 1.29 is 9.18 Å². The number of amides is 1. The van der Waals surface area contributed by atoms with Crippen LogP contribution in [0.2, 0.25) is 5.15 Å². The van der Waals surface area contributed by atoms with E-state index in [0.717, 1.165) is 5.69 Å². The molecule has 0 saturated heterocycles. The highest BCUT2D eigenvalue weighted by atomic mass is 35.5. The van der Waals surface area contributed by atoms with Gasteiger partial charge in [0.1, 0.15) is 11.6 Å². The topological polar surface area (TPSA) is 63.9 Å². The van der Waals surface area contributed by atoms with E-state index in [-0.39, 0.29) is 17.8 Å². The maximum Gasteiger partial charge on any atom is 0.254 e. The van der Waals surface area contributed by atoms with E-state index in [9.17, 15) is 9.18 Å². The molecule has 3 aromatic rings. The van der Waals surface area contributed by atoms with Gasteiger partial charge in [-0.2, -0.15) is 4.37 Å². The van der Waals surface area contributed by atoms with Gasteiger partial charge in [-0.15, -0.1) is 0 Å². The van der Waals surface area contributed by atoms with Gasteiger partial charge in [0.2, 0.25) is 0 Å². The molecule has 26 heavy (non-hydrogen) atoms. The highest BCUT2D eigenvalue weighted by Crippen LogP contribution is 2.36. The van der Waals surface area contributed by atoms with Gasteiger partial charge < -0.3 is 9.47 Å². The third-order valence-corrected chi connectivity index (χ3v) is 5.54. The van der Waals surface area contributed by atoms with E-state index in [0.29, 0.717) is 40.5 Å². The zero-order valence-electron chi connectivity index (χ0n) is 14.1. The molecule has 4 rings (SSSR count). The van der Waals surface area contributed by atoms with Crippen LogP contribution in [0.4, 0.5) is 4.39 Å². The lowest BCUT2D eigenvalue weighted by Gasteiger charge is -2.35. The molecule has 3 heterocycles. The van der Waals surface area contributed by atoms with Crippen molar-refractivity contribution in [1.29, 1.82) is 0 Å². The number of nitrogens with zero attached hydrogens (tertiary/aromatic N) is 5. The number of hydrogen-bond acceptors (Lipinski definition) is 5. The van der Waals surface area contributed by atoms with Gasteiger partial charge in [-0.25, -0.2) is 14.4 Å². The second-order valence-electron chi connectivity index (χ2n) is 6.09. The first kappa shape index (κ1) is 17.1. The number of benzene rings is 1. The Balaban J connectivity index is 1.69. The predicted octanol–water partition coefficient (Wildman–Crippen LogP) is 3.72. The highest BCUT2D eigenvalue weighted by Gasteiger charge is 2.33. The smallest absolute Gasteiger partial charge is 0.254 e. The van der Waals surface area contributed by atoms with Crippen molar-refractivity contribution >= 4 is 29.0 Å². The van der Waals surface area contributed by atoms with Crippen LogP contribution in [0.3, 0.4) is 0 Å². The van der Waals surface area contributed by atoms with Gasteiger partial charge >= 0.3 is 0 Å². The quantitative estimate of drug-likeness (QED) is 0.667. The molecule has 0 unspecified atom stereocenters. The van der Waals surface area contributed by atoms with Gasteiger partial charge in [0.05, 0.1) is 11.7 Å². The number of carbonyl (C=O) groups is 1. The van der Waals surface area contributed by atoms with E-state index in [1.165, 1.54) is 35.8 Å². The summed E-state index contributed by atoms with van der Waals surface area (Å²) in [5.74, 6) is 0.840. The Hall–Kier alpha value is -2.32. The molecule has 0 N–H and O–H groups in total. The summed E-state index contributed by atoms with van der Waals surface area (Å²) in [5.41, 5.74) is 1.22. The third-order valence-electron chi connectivity index (χ3n) is 4.46. The SMILES string of the molecule is Cc1nsc(-c2nc(Cl)c3n2CCN(C(=O)c2ccc(F)cc2)[C@@H]3C)n1. The van der Waals surface area contributed by atoms with E-state index in [2.05, 4.69) is 14.3 Å². The third kappa shape index (κ3) is 2.79. The lowest BCUT2D eigenvalue weighted by molar-refractivity contribution is 0.0645. The highest BCUT2D eigenvalue weighted by molar-refractivity contribution is 7.09. The Morgan fingerprint density at radius 1 is 1.27 bits per heavy atom. The van der Waals surface area contributed by atoms with Crippen LogP contribution in [0, 0.1) is 12.7 Å². The first-order chi connectivity index (χ1) is 12.5. The maximum atomic E-state index is 13.1. The van der Waals surface area contributed by atoms with Gasteiger partial charge in [0.15, 0.2) is 16.0 Å². The Bertz CT molecular complexity index is 984. The first-order valence-electron chi connectivity index (χ1n) is 8.09. The van der Waals surface area contributed by atoms with Crippen molar-refractivity contribution in [2.45, 2.75) is 26.4 Å². The number of fused-ring (bicyclic) bond motifs is 1. The first-order valence-corrected chi connectivity index (χ1v) is 9.24. The average molecular weight is 392 g/mol. The summed E-state index contributed by atoms with van der Waals surface area (Å²) in [5, 5.41) is 1.07. The summed E-state index contributed by atoms with van der Waals surface area (Å²) in [6.07, 6.45) is 0. The van der Waals surface area contributed by atoms with Crippen LogP contribution in [0.5, 0.6) is 0 Å². The molecule has 1 atom stereocenters. The second kappa shape index (κ2) is 6.44. The second-order valence-corrected chi connectivity index (χ2v) is 7.20. The number of aryl methyl sites for hydroxylation is 1. The molecule has 0 radical (unpaired) electrons. The molecule has 6 nitrogen and oxygen atoms in total. The van der Waals surface area contributed by atoms with Crippen LogP contribution in [0.25, 0.3) is 10.8 Å². The van der Waals surface area contributed by atoms with Crippen LogP contribution in [0.1, 0.15) is 34.8 Å². The minimum atomic E-state index is -0.369. The summed E-state index contributed by atoms with van der Waals surface area (Å²) in [4.78, 5) is 23.4. The fraction of sp³-hybridized carbons (Fsp3) is 0.294. The predicted molar refractivity (Wildman–Crippen MR) is 96.7 cm³/mol. The van der Waals surface area contributed by atoms with E-state index >= 15 is 0 Å². The molecule has 0 saturated carbocycles. The molecule has 1 aliphatic heterocycles.